The van der Waals surface area contributed by atoms with Crippen LogP contribution in [-0.4, -0.2) is 25.6 Å². The molecular formula is C18H18FIN4O2S. The lowest BCUT2D eigenvalue weighted by Crippen LogP contribution is -2.27. The third kappa shape index (κ3) is 4.52. The molecule has 1 N–H and O–H groups in total. The highest BCUT2D eigenvalue weighted by Gasteiger charge is 2.18. The first-order valence-corrected chi connectivity index (χ1v) is 11.4. The van der Waals surface area contributed by atoms with Crippen molar-refractivity contribution >= 4 is 53.3 Å². The van der Waals surface area contributed by atoms with Gasteiger partial charge in [0.05, 0.1) is 0 Å². The van der Waals surface area contributed by atoms with E-state index in [0.717, 1.165) is 22.2 Å². The fourth-order valence-corrected chi connectivity index (χ4v) is 3.84. The van der Waals surface area contributed by atoms with E-state index in [2.05, 4.69) is 36.5 Å². The molecule has 0 bridgehead atoms. The third-order valence-corrected chi connectivity index (χ3v) is 5.38. The largest absolute Gasteiger partial charge is 0.444 e. The number of hydrogen-bond acceptors (Lipinski definition) is 5. The van der Waals surface area contributed by atoms with Crippen molar-refractivity contribution in [3.05, 3.63) is 42.1 Å². The number of hydrogen-bond donors (Lipinski definition) is 1. The Kier molecular flexibility index (Phi) is 5.61. The minimum atomic E-state index is -0.752. The Balaban J connectivity index is 1.88. The quantitative estimate of drug-likeness (QED) is 0.465. The lowest BCUT2D eigenvalue weighted by molar-refractivity contribution is 0.0634. The smallest absolute Gasteiger partial charge is 0.413 e. The van der Waals surface area contributed by atoms with Crippen molar-refractivity contribution in [1.29, 1.82) is 0 Å². The van der Waals surface area contributed by atoms with Crippen LogP contribution in [0.1, 0.15) is 26.3 Å². The molecule has 3 rings (SSSR count). The highest BCUT2D eigenvalue weighted by Crippen LogP contribution is 2.30. The number of carbonyl (C=O) groups is 1. The van der Waals surface area contributed by atoms with Crippen LogP contribution < -0.4 is 5.32 Å². The highest BCUT2D eigenvalue weighted by atomic mass is 127. The van der Waals surface area contributed by atoms with E-state index in [1.165, 1.54) is 21.4 Å². The maximum atomic E-state index is 14.4. The lowest BCUT2D eigenvalue weighted by atomic mass is 10.1. The summed E-state index contributed by atoms with van der Waals surface area (Å²) in [6.07, 6.45) is 4.43. The van der Waals surface area contributed by atoms with Gasteiger partial charge in [-0.2, -0.15) is 0 Å². The molecule has 0 saturated heterocycles. The van der Waals surface area contributed by atoms with E-state index in [4.69, 9.17) is 4.74 Å². The van der Waals surface area contributed by atoms with Gasteiger partial charge in [-0.3, -0.25) is 9.29 Å². The first-order chi connectivity index (χ1) is 12.7. The van der Waals surface area contributed by atoms with Gasteiger partial charge >= 0.3 is 6.09 Å². The van der Waals surface area contributed by atoms with Crippen LogP contribution in [0.5, 0.6) is 0 Å². The van der Waals surface area contributed by atoms with Crippen molar-refractivity contribution in [2.24, 2.45) is 0 Å². The maximum absolute atomic E-state index is 14.4. The molecule has 0 unspecified atom stereocenters. The monoisotopic (exact) mass is 500 g/mol. The number of pyridine rings is 2. The molecule has 9 heteroatoms. The first kappa shape index (κ1) is 19.9. The molecule has 0 radical (unpaired) electrons. The summed E-state index contributed by atoms with van der Waals surface area (Å²) in [5, 5.41) is 3.32. The van der Waals surface area contributed by atoms with Crippen LogP contribution in [0.15, 0.2) is 30.7 Å². The van der Waals surface area contributed by atoms with Crippen LogP contribution in [0, 0.1) is 12.7 Å². The van der Waals surface area contributed by atoms with Crippen LogP contribution in [-0.2, 0) is 4.74 Å². The molecule has 3 heterocycles. The predicted molar refractivity (Wildman–Crippen MR) is 115 cm³/mol. The van der Waals surface area contributed by atoms with Crippen molar-refractivity contribution in [2.75, 3.05) is 5.32 Å². The van der Waals surface area contributed by atoms with Crippen LogP contribution in [0.3, 0.4) is 0 Å². The highest BCUT2D eigenvalue weighted by molar-refractivity contribution is 14.2. The number of rotatable bonds is 3. The molecule has 1 amide bonds. The van der Waals surface area contributed by atoms with Gasteiger partial charge in [-0.1, -0.05) is 0 Å². The summed E-state index contributed by atoms with van der Waals surface area (Å²) in [7, 11) is 1.53. The van der Waals surface area contributed by atoms with Crippen LogP contribution in [0.4, 0.5) is 15.0 Å². The Morgan fingerprint density at radius 2 is 1.93 bits per heavy atom. The molecule has 0 aliphatic rings. The Morgan fingerprint density at radius 3 is 2.56 bits per heavy atom. The van der Waals surface area contributed by atoms with E-state index in [0.29, 0.717) is 5.56 Å². The Morgan fingerprint density at radius 1 is 1.26 bits per heavy atom. The summed E-state index contributed by atoms with van der Waals surface area (Å²) in [4.78, 5) is 20.3. The van der Waals surface area contributed by atoms with Gasteiger partial charge in [-0.25, -0.2) is 19.2 Å². The summed E-state index contributed by atoms with van der Waals surface area (Å²) in [6, 6.07) is 3.28. The average molecular weight is 500 g/mol. The van der Waals surface area contributed by atoms with Crippen molar-refractivity contribution in [1.82, 2.24) is 13.9 Å². The van der Waals surface area contributed by atoms with E-state index in [1.54, 1.807) is 27.0 Å². The number of nitrogens with zero attached hydrogens (tertiary/aromatic N) is 3. The molecule has 0 fully saturated rings. The van der Waals surface area contributed by atoms with Crippen molar-refractivity contribution in [3.8, 4) is 11.1 Å². The van der Waals surface area contributed by atoms with Crippen LogP contribution >= 0.6 is 30.3 Å². The van der Waals surface area contributed by atoms with Crippen LogP contribution in [0.25, 0.3) is 22.2 Å². The minimum Gasteiger partial charge on any atom is -0.444 e. The Bertz CT molecular complexity index is 1020. The van der Waals surface area contributed by atoms with Gasteiger partial charge in [-0.05, 0) is 45.4 Å². The second-order valence-electron chi connectivity index (χ2n) is 6.98. The van der Waals surface area contributed by atoms with Gasteiger partial charge in [0, 0.05) is 65.4 Å². The van der Waals surface area contributed by atoms with Gasteiger partial charge in [0.1, 0.15) is 5.60 Å². The number of fused-ring (bicyclic) bond motifs is 1. The van der Waals surface area contributed by atoms with E-state index >= 15 is 0 Å². The van der Waals surface area contributed by atoms with E-state index in [1.807, 2.05) is 23.2 Å². The molecule has 27 heavy (non-hydrogen) atoms. The molecule has 0 aliphatic heterocycles. The summed E-state index contributed by atoms with van der Waals surface area (Å²) in [6.45, 7) is 7.20. The first-order valence-electron chi connectivity index (χ1n) is 8.10. The van der Waals surface area contributed by atoms with Crippen molar-refractivity contribution in [3.63, 3.8) is 0 Å². The number of anilines is 1. The standard InChI is InChI=1S/C18H18FIN4O2S/c1-10-9-24(27-20)16-13(10)5-11(8-22-16)12-6-14(19)15(21-7-12)23-17(25)26-18(2,3)4/h5-9H,1-4H3,(H,21,23,25). The molecule has 0 spiro atoms. The Hall–Kier alpha value is -1.88. The number of amides is 1. The molecule has 3 aromatic rings. The zero-order valence-electron chi connectivity index (χ0n) is 15.2. The van der Waals surface area contributed by atoms with Gasteiger partial charge in [0.25, 0.3) is 0 Å². The fraction of sp³-hybridized carbons (Fsp3) is 0.278. The zero-order chi connectivity index (χ0) is 19.8. The lowest BCUT2D eigenvalue weighted by Gasteiger charge is -2.19. The van der Waals surface area contributed by atoms with E-state index in [9.17, 15) is 9.18 Å². The van der Waals surface area contributed by atoms with E-state index < -0.39 is 17.5 Å². The van der Waals surface area contributed by atoms with Gasteiger partial charge in [-0.15, -0.1) is 0 Å². The molecule has 0 aliphatic carbocycles. The molecule has 6 nitrogen and oxygen atoms in total. The molecule has 3 aromatic heterocycles. The van der Waals surface area contributed by atoms with Gasteiger partial charge in [0.15, 0.2) is 17.3 Å². The molecular weight excluding hydrogens is 482 g/mol. The number of aryl methyl sites for hydroxylation is 1. The maximum Gasteiger partial charge on any atom is 0.413 e. The third-order valence-electron chi connectivity index (χ3n) is 3.68. The summed E-state index contributed by atoms with van der Waals surface area (Å²) >= 11 is 2.20. The topological polar surface area (TPSA) is 69.0 Å². The number of nitrogens with one attached hydrogen (secondary N) is 1. The summed E-state index contributed by atoms with van der Waals surface area (Å²) < 4.78 is 21.5. The van der Waals surface area contributed by atoms with E-state index in [-0.39, 0.29) is 5.82 Å². The SMILES string of the molecule is Cc1cn(SI)c2ncc(-c3cnc(NC(=O)OC(C)(C)C)c(F)c3)cc12. The zero-order valence-corrected chi connectivity index (χ0v) is 18.2. The normalized spacial score (nSPS) is 11.6. The van der Waals surface area contributed by atoms with Gasteiger partial charge in [0.2, 0.25) is 0 Å². The minimum absolute atomic E-state index is 0.175. The number of halogens is 2. The number of ether oxygens (including phenoxy) is 1. The summed E-state index contributed by atoms with van der Waals surface area (Å²) in [5.41, 5.74) is 2.59. The second kappa shape index (κ2) is 7.63. The second-order valence-corrected chi connectivity index (χ2v) is 8.70. The Labute approximate surface area is 172 Å². The number of aromatic nitrogens is 3. The molecule has 0 saturated carbocycles. The number of carbonyl (C=O) groups excluding carboxylic acids is 1. The fourth-order valence-electron chi connectivity index (χ4n) is 2.53. The average Bonchev–Trinajstić information content (AvgIpc) is 2.90. The van der Waals surface area contributed by atoms with Crippen molar-refractivity contribution < 1.29 is 13.9 Å². The van der Waals surface area contributed by atoms with Crippen molar-refractivity contribution in [2.45, 2.75) is 33.3 Å². The molecule has 0 atom stereocenters. The van der Waals surface area contributed by atoms with Gasteiger partial charge < -0.3 is 4.74 Å². The molecule has 0 aromatic carbocycles. The molecule has 142 valence electrons. The summed E-state index contributed by atoms with van der Waals surface area (Å²) in [5.74, 6) is -0.818. The van der Waals surface area contributed by atoms with Crippen LogP contribution in [0.2, 0.25) is 0 Å². The predicted octanol–water partition coefficient (Wildman–Crippen LogP) is 5.74.